The summed E-state index contributed by atoms with van der Waals surface area (Å²) in [6.45, 7) is 4.91. The average molecular weight is 358 g/mol. The summed E-state index contributed by atoms with van der Waals surface area (Å²) in [6.07, 6.45) is 4.82. The molecule has 0 amide bonds. The van der Waals surface area contributed by atoms with Crippen LogP contribution >= 0.6 is 15.9 Å². The number of halogens is 2. The van der Waals surface area contributed by atoms with Gasteiger partial charge in [-0.05, 0) is 55.9 Å². The fraction of sp³-hybridized carbons (Fsp3) is 0.647. The van der Waals surface area contributed by atoms with Crippen LogP contribution in [0.5, 0.6) is 0 Å². The molecule has 0 aliphatic heterocycles. The summed E-state index contributed by atoms with van der Waals surface area (Å²) in [5.74, 6) is 0.424. The van der Waals surface area contributed by atoms with Crippen molar-refractivity contribution in [2.45, 2.75) is 57.6 Å². The fourth-order valence-electron chi connectivity index (χ4n) is 3.53. The Hall–Kier alpha value is -0.450. The first-order valence-corrected chi connectivity index (χ1v) is 8.59. The summed E-state index contributed by atoms with van der Waals surface area (Å²) in [7, 11) is 0. The van der Waals surface area contributed by atoms with Gasteiger partial charge in [0, 0.05) is 17.1 Å². The Bertz CT molecular complexity index is 478. The highest BCUT2D eigenvalue weighted by molar-refractivity contribution is 9.10. The van der Waals surface area contributed by atoms with Crippen LogP contribution in [0.25, 0.3) is 0 Å². The van der Waals surface area contributed by atoms with Crippen molar-refractivity contribution in [2.24, 2.45) is 11.7 Å². The first-order chi connectivity index (χ1) is 9.97. The molecule has 2 rings (SSSR count). The van der Waals surface area contributed by atoms with E-state index in [0.29, 0.717) is 24.5 Å². The predicted octanol–water partition coefficient (Wildman–Crippen LogP) is 4.44. The Kier molecular flexibility index (Phi) is 5.81. The molecule has 1 saturated carbocycles. The van der Waals surface area contributed by atoms with Gasteiger partial charge in [-0.25, -0.2) is 4.39 Å². The highest BCUT2D eigenvalue weighted by Crippen LogP contribution is 2.38. The summed E-state index contributed by atoms with van der Waals surface area (Å²) in [5, 5.41) is 0. The first kappa shape index (κ1) is 16.9. The third kappa shape index (κ3) is 4.05. The molecular formula is C17H25BrFNO. The van der Waals surface area contributed by atoms with E-state index in [9.17, 15) is 4.39 Å². The number of hydrogen-bond donors (Lipinski definition) is 1. The van der Waals surface area contributed by atoms with Crippen LogP contribution in [0, 0.1) is 11.7 Å². The van der Waals surface area contributed by atoms with Gasteiger partial charge in [0.15, 0.2) is 0 Å². The van der Waals surface area contributed by atoms with Crippen molar-refractivity contribution >= 4 is 15.9 Å². The van der Waals surface area contributed by atoms with Gasteiger partial charge in [-0.1, -0.05) is 35.7 Å². The van der Waals surface area contributed by atoms with E-state index in [1.165, 1.54) is 12.5 Å². The van der Waals surface area contributed by atoms with Gasteiger partial charge in [0.2, 0.25) is 0 Å². The van der Waals surface area contributed by atoms with E-state index in [-0.39, 0.29) is 17.5 Å². The summed E-state index contributed by atoms with van der Waals surface area (Å²) in [5.41, 5.74) is 6.83. The average Bonchev–Trinajstić information content (AvgIpc) is 2.43. The van der Waals surface area contributed by atoms with Gasteiger partial charge >= 0.3 is 0 Å². The topological polar surface area (TPSA) is 35.2 Å². The third-order valence-corrected chi connectivity index (χ3v) is 5.04. The van der Waals surface area contributed by atoms with Gasteiger partial charge < -0.3 is 10.5 Å². The first-order valence-electron chi connectivity index (χ1n) is 7.80. The van der Waals surface area contributed by atoms with Crippen LogP contribution in [0.15, 0.2) is 22.7 Å². The lowest BCUT2D eigenvalue weighted by atomic mass is 9.73. The summed E-state index contributed by atoms with van der Waals surface area (Å²) in [4.78, 5) is 0. The molecule has 3 atom stereocenters. The Balaban J connectivity index is 2.18. The molecule has 1 aromatic carbocycles. The normalized spacial score (nSPS) is 27.6. The monoisotopic (exact) mass is 357 g/mol. The molecule has 2 N–H and O–H groups in total. The van der Waals surface area contributed by atoms with Gasteiger partial charge in [0.1, 0.15) is 5.82 Å². The maximum absolute atomic E-state index is 14.0. The van der Waals surface area contributed by atoms with Crippen molar-refractivity contribution in [3.8, 4) is 0 Å². The molecule has 1 aliphatic rings. The van der Waals surface area contributed by atoms with Crippen molar-refractivity contribution in [1.29, 1.82) is 0 Å². The number of rotatable bonds is 5. The Morgan fingerprint density at radius 2 is 2.29 bits per heavy atom. The number of benzene rings is 1. The van der Waals surface area contributed by atoms with Gasteiger partial charge in [0.25, 0.3) is 0 Å². The number of ether oxygens (including phenoxy) is 1. The van der Waals surface area contributed by atoms with Crippen LogP contribution in [0.2, 0.25) is 0 Å². The van der Waals surface area contributed by atoms with Gasteiger partial charge in [-0.3, -0.25) is 0 Å². The van der Waals surface area contributed by atoms with Crippen molar-refractivity contribution in [2.75, 3.05) is 6.61 Å². The second-order valence-corrected chi connectivity index (χ2v) is 7.16. The summed E-state index contributed by atoms with van der Waals surface area (Å²) in [6, 6.07) is 4.85. The van der Waals surface area contributed by atoms with Crippen LogP contribution in [-0.2, 0) is 11.2 Å². The lowest BCUT2D eigenvalue weighted by Crippen LogP contribution is -2.53. The largest absolute Gasteiger partial charge is 0.374 e. The molecule has 118 valence electrons. The Morgan fingerprint density at radius 1 is 1.52 bits per heavy atom. The van der Waals surface area contributed by atoms with Crippen LogP contribution < -0.4 is 5.73 Å². The predicted molar refractivity (Wildman–Crippen MR) is 87.8 cm³/mol. The maximum Gasteiger partial charge on any atom is 0.126 e. The van der Waals surface area contributed by atoms with E-state index < -0.39 is 0 Å². The van der Waals surface area contributed by atoms with E-state index in [0.717, 1.165) is 23.7 Å². The van der Waals surface area contributed by atoms with Crippen LogP contribution in [0.4, 0.5) is 4.39 Å². The Labute approximate surface area is 135 Å². The van der Waals surface area contributed by atoms with Crippen LogP contribution in [0.1, 0.15) is 45.1 Å². The highest BCUT2D eigenvalue weighted by atomic mass is 79.9. The number of nitrogens with two attached hydrogens (primary N) is 1. The second kappa shape index (κ2) is 7.21. The minimum atomic E-state index is -0.304. The number of hydrogen-bond acceptors (Lipinski definition) is 2. The zero-order valence-corrected chi connectivity index (χ0v) is 14.5. The minimum Gasteiger partial charge on any atom is -0.374 e. The summed E-state index contributed by atoms with van der Waals surface area (Å²) >= 11 is 3.40. The zero-order chi connectivity index (χ0) is 15.5. The molecule has 1 aliphatic carbocycles. The zero-order valence-electron chi connectivity index (χ0n) is 12.9. The summed E-state index contributed by atoms with van der Waals surface area (Å²) < 4.78 is 20.9. The smallest absolute Gasteiger partial charge is 0.126 e. The second-order valence-electron chi connectivity index (χ2n) is 6.25. The molecule has 4 heteroatoms. The van der Waals surface area contributed by atoms with E-state index >= 15 is 0 Å². The van der Waals surface area contributed by atoms with E-state index in [4.69, 9.17) is 10.5 Å². The molecule has 0 bridgehead atoms. The minimum absolute atomic E-state index is 0.177. The molecule has 21 heavy (non-hydrogen) atoms. The van der Waals surface area contributed by atoms with Crippen molar-refractivity contribution in [1.82, 2.24) is 0 Å². The lowest BCUT2D eigenvalue weighted by Gasteiger charge is -2.44. The molecule has 0 heterocycles. The highest BCUT2D eigenvalue weighted by Gasteiger charge is 2.41. The molecule has 0 saturated heterocycles. The van der Waals surface area contributed by atoms with Gasteiger partial charge in [0.05, 0.1) is 5.60 Å². The van der Waals surface area contributed by atoms with Crippen molar-refractivity contribution < 1.29 is 9.13 Å². The Morgan fingerprint density at radius 3 is 2.95 bits per heavy atom. The van der Waals surface area contributed by atoms with Crippen LogP contribution in [0.3, 0.4) is 0 Å². The molecule has 0 radical (unpaired) electrons. The molecule has 0 aromatic heterocycles. The quantitative estimate of drug-likeness (QED) is 0.844. The standard InChI is InChI=1S/C17H25BrFNO/c1-3-21-17(8-4-5-12(2)11-17)16(20)10-13-9-14(18)6-7-15(13)19/h6-7,9,12,16H,3-5,8,10-11,20H2,1-2H3. The molecular weight excluding hydrogens is 333 g/mol. The van der Waals surface area contributed by atoms with E-state index in [1.807, 2.05) is 13.0 Å². The molecule has 1 aromatic rings. The van der Waals surface area contributed by atoms with Crippen molar-refractivity contribution in [3.63, 3.8) is 0 Å². The molecule has 3 unspecified atom stereocenters. The maximum atomic E-state index is 14.0. The SMILES string of the molecule is CCOC1(C(N)Cc2cc(Br)ccc2F)CCCC(C)C1. The molecule has 1 fully saturated rings. The van der Waals surface area contributed by atoms with Gasteiger partial charge in [-0.2, -0.15) is 0 Å². The lowest BCUT2D eigenvalue weighted by molar-refractivity contribution is -0.0926. The molecule has 0 spiro atoms. The van der Waals surface area contributed by atoms with Gasteiger partial charge in [-0.15, -0.1) is 0 Å². The fourth-order valence-corrected chi connectivity index (χ4v) is 3.94. The third-order valence-electron chi connectivity index (χ3n) is 4.55. The van der Waals surface area contributed by atoms with E-state index in [2.05, 4.69) is 22.9 Å². The van der Waals surface area contributed by atoms with Crippen LogP contribution in [-0.4, -0.2) is 18.2 Å². The molecule has 2 nitrogen and oxygen atoms in total. The van der Waals surface area contributed by atoms with Crippen molar-refractivity contribution in [3.05, 3.63) is 34.1 Å². The van der Waals surface area contributed by atoms with E-state index in [1.54, 1.807) is 6.07 Å².